The minimum absolute atomic E-state index is 0.326. The van der Waals surface area contributed by atoms with Crippen LogP contribution in [0, 0.1) is 11.3 Å². The summed E-state index contributed by atoms with van der Waals surface area (Å²) in [6, 6.07) is 2.23. The normalized spacial score (nSPS) is 9.50. The Hall–Kier alpha value is -1.63. The highest BCUT2D eigenvalue weighted by Gasteiger charge is 1.96. The summed E-state index contributed by atoms with van der Waals surface area (Å²) in [5, 5.41) is 11.5. The van der Waals surface area contributed by atoms with E-state index >= 15 is 0 Å². The van der Waals surface area contributed by atoms with Gasteiger partial charge in [-0.05, 0) is 13.8 Å². The summed E-state index contributed by atoms with van der Waals surface area (Å²) < 4.78 is 0. The van der Waals surface area contributed by atoms with Crippen molar-refractivity contribution in [3.8, 4) is 6.07 Å². The molecule has 0 aliphatic heterocycles. The zero-order chi connectivity index (χ0) is 8.97. The maximum absolute atomic E-state index is 8.44. The predicted octanol–water partition coefficient (Wildman–Crippen LogP) is 1.17. The fraction of sp³-hybridized carbons (Fsp3) is 0.375. The summed E-state index contributed by atoms with van der Waals surface area (Å²) in [5.41, 5.74) is 0.337. The fourth-order valence-electron chi connectivity index (χ4n) is 0.756. The Labute approximate surface area is 71.3 Å². The molecule has 4 nitrogen and oxygen atoms in total. The van der Waals surface area contributed by atoms with Crippen molar-refractivity contribution in [1.29, 1.82) is 5.26 Å². The van der Waals surface area contributed by atoms with Crippen LogP contribution >= 0.6 is 0 Å². The summed E-state index contributed by atoms with van der Waals surface area (Å²) in [4.78, 5) is 7.86. The summed E-state index contributed by atoms with van der Waals surface area (Å²) in [7, 11) is 0. The first kappa shape index (κ1) is 8.47. The molecule has 0 amide bonds. The third-order valence-corrected chi connectivity index (χ3v) is 1.20. The molecule has 0 spiro atoms. The molecule has 1 N–H and O–H groups in total. The topological polar surface area (TPSA) is 61.6 Å². The lowest BCUT2D eigenvalue weighted by Gasteiger charge is -2.06. The Morgan fingerprint density at radius 1 is 1.42 bits per heavy atom. The largest absolute Gasteiger partial charge is 0.367 e. The van der Waals surface area contributed by atoms with Crippen LogP contribution in [0.4, 0.5) is 5.82 Å². The molecule has 0 aromatic carbocycles. The number of hydrogen-bond donors (Lipinski definition) is 1. The lowest BCUT2D eigenvalue weighted by Crippen LogP contribution is -2.11. The van der Waals surface area contributed by atoms with Crippen LogP contribution in [-0.4, -0.2) is 16.0 Å². The van der Waals surface area contributed by atoms with Gasteiger partial charge < -0.3 is 5.32 Å². The van der Waals surface area contributed by atoms with E-state index < -0.39 is 0 Å². The van der Waals surface area contributed by atoms with E-state index in [2.05, 4.69) is 15.3 Å². The third-order valence-electron chi connectivity index (χ3n) is 1.20. The molecule has 0 saturated heterocycles. The van der Waals surface area contributed by atoms with Crippen molar-refractivity contribution in [3.63, 3.8) is 0 Å². The lowest BCUT2D eigenvalue weighted by atomic mass is 10.4. The van der Waals surface area contributed by atoms with E-state index in [4.69, 9.17) is 5.26 Å². The number of hydrogen-bond acceptors (Lipinski definition) is 4. The van der Waals surface area contributed by atoms with E-state index in [0.717, 1.165) is 0 Å². The number of nitrogens with one attached hydrogen (secondary N) is 1. The minimum Gasteiger partial charge on any atom is -0.367 e. The molecule has 62 valence electrons. The second-order valence-corrected chi connectivity index (χ2v) is 2.70. The molecule has 0 aliphatic rings. The van der Waals surface area contributed by atoms with E-state index in [9.17, 15) is 0 Å². The van der Waals surface area contributed by atoms with Crippen LogP contribution in [0.25, 0.3) is 0 Å². The van der Waals surface area contributed by atoms with Gasteiger partial charge in [-0.3, -0.25) is 0 Å². The van der Waals surface area contributed by atoms with Gasteiger partial charge in [0, 0.05) is 6.04 Å². The van der Waals surface area contributed by atoms with Gasteiger partial charge in [-0.15, -0.1) is 0 Å². The highest BCUT2D eigenvalue weighted by atomic mass is 15.0. The van der Waals surface area contributed by atoms with Crippen LogP contribution in [0.3, 0.4) is 0 Å². The second kappa shape index (κ2) is 3.67. The van der Waals surface area contributed by atoms with Gasteiger partial charge >= 0.3 is 0 Å². The smallest absolute Gasteiger partial charge is 0.158 e. The quantitative estimate of drug-likeness (QED) is 0.709. The van der Waals surface area contributed by atoms with E-state index in [1.807, 2.05) is 19.9 Å². The van der Waals surface area contributed by atoms with Crippen LogP contribution in [0.5, 0.6) is 0 Å². The van der Waals surface area contributed by atoms with E-state index in [1.54, 1.807) is 6.20 Å². The number of nitrogens with zero attached hydrogens (tertiary/aromatic N) is 3. The van der Waals surface area contributed by atoms with Gasteiger partial charge in [-0.25, -0.2) is 9.97 Å². The number of rotatable bonds is 2. The first-order valence-electron chi connectivity index (χ1n) is 3.71. The Morgan fingerprint density at radius 2 is 2.17 bits per heavy atom. The molecule has 0 saturated carbocycles. The average Bonchev–Trinajstić information content (AvgIpc) is 2.05. The summed E-state index contributed by atoms with van der Waals surface area (Å²) in [6.45, 7) is 4.03. The first-order valence-corrected chi connectivity index (χ1v) is 3.71. The van der Waals surface area contributed by atoms with Crippen molar-refractivity contribution < 1.29 is 0 Å². The van der Waals surface area contributed by atoms with Crippen LogP contribution in [0.15, 0.2) is 12.4 Å². The summed E-state index contributed by atoms with van der Waals surface area (Å²) >= 11 is 0. The number of anilines is 1. The van der Waals surface area contributed by atoms with Crippen molar-refractivity contribution in [2.24, 2.45) is 0 Å². The average molecular weight is 162 g/mol. The van der Waals surface area contributed by atoms with Crippen LogP contribution in [0.2, 0.25) is 0 Å². The zero-order valence-electron chi connectivity index (χ0n) is 7.07. The van der Waals surface area contributed by atoms with E-state index in [0.29, 0.717) is 17.6 Å². The molecule has 0 aliphatic carbocycles. The summed E-state index contributed by atoms with van der Waals surface area (Å²) in [6.07, 6.45) is 3.00. The van der Waals surface area contributed by atoms with Crippen LogP contribution in [0.1, 0.15) is 19.5 Å². The van der Waals surface area contributed by atoms with Gasteiger partial charge in [0.05, 0.1) is 12.4 Å². The molecular weight excluding hydrogens is 152 g/mol. The summed E-state index contributed by atoms with van der Waals surface area (Å²) in [5.74, 6) is 0.698. The van der Waals surface area contributed by atoms with Gasteiger partial charge in [0.2, 0.25) is 0 Å². The molecule has 0 bridgehead atoms. The van der Waals surface area contributed by atoms with Gasteiger partial charge in [0.25, 0.3) is 0 Å². The van der Waals surface area contributed by atoms with Gasteiger partial charge in [-0.1, -0.05) is 0 Å². The Morgan fingerprint density at radius 3 is 2.58 bits per heavy atom. The van der Waals surface area contributed by atoms with E-state index in [1.165, 1.54) is 6.20 Å². The predicted molar refractivity (Wildman–Crippen MR) is 45.5 cm³/mol. The van der Waals surface area contributed by atoms with Crippen molar-refractivity contribution in [1.82, 2.24) is 9.97 Å². The van der Waals surface area contributed by atoms with Crippen molar-refractivity contribution in [2.75, 3.05) is 5.32 Å². The fourth-order valence-corrected chi connectivity index (χ4v) is 0.756. The molecule has 0 radical (unpaired) electrons. The Kier molecular flexibility index (Phi) is 2.59. The molecule has 1 aromatic rings. The third kappa shape index (κ3) is 2.20. The molecule has 12 heavy (non-hydrogen) atoms. The molecule has 0 unspecified atom stereocenters. The van der Waals surface area contributed by atoms with Crippen molar-refractivity contribution in [3.05, 3.63) is 18.1 Å². The van der Waals surface area contributed by atoms with E-state index in [-0.39, 0.29) is 0 Å². The highest BCUT2D eigenvalue weighted by Crippen LogP contribution is 2.01. The number of aromatic nitrogens is 2. The maximum Gasteiger partial charge on any atom is 0.158 e. The van der Waals surface area contributed by atoms with Gasteiger partial charge in [-0.2, -0.15) is 5.26 Å². The van der Waals surface area contributed by atoms with Gasteiger partial charge in [0.15, 0.2) is 5.69 Å². The second-order valence-electron chi connectivity index (χ2n) is 2.70. The minimum atomic E-state index is 0.326. The van der Waals surface area contributed by atoms with Crippen molar-refractivity contribution >= 4 is 5.82 Å². The Balaban J connectivity index is 2.73. The molecule has 1 aromatic heterocycles. The molecule has 0 fully saturated rings. The maximum atomic E-state index is 8.44. The SMILES string of the molecule is CC(C)Nc1cnc(C#N)cn1. The molecule has 1 heterocycles. The highest BCUT2D eigenvalue weighted by molar-refractivity contribution is 5.33. The molecule has 4 heteroatoms. The van der Waals surface area contributed by atoms with Gasteiger partial charge in [0.1, 0.15) is 11.9 Å². The molecule has 0 atom stereocenters. The Bertz CT molecular complexity index is 283. The van der Waals surface area contributed by atoms with Crippen LogP contribution in [-0.2, 0) is 0 Å². The molecular formula is C8H10N4. The first-order chi connectivity index (χ1) is 5.72. The zero-order valence-corrected chi connectivity index (χ0v) is 7.07. The monoisotopic (exact) mass is 162 g/mol. The lowest BCUT2D eigenvalue weighted by molar-refractivity contribution is 0.885. The number of nitriles is 1. The van der Waals surface area contributed by atoms with Crippen LogP contribution < -0.4 is 5.32 Å². The standard InChI is InChI=1S/C8H10N4/c1-6(2)12-8-5-10-7(3-9)4-11-8/h4-6H,1-2H3,(H,11,12). The molecule has 1 rings (SSSR count). The van der Waals surface area contributed by atoms with Crippen molar-refractivity contribution in [2.45, 2.75) is 19.9 Å².